The van der Waals surface area contributed by atoms with Gasteiger partial charge in [-0.2, -0.15) is 0 Å². The first-order chi connectivity index (χ1) is 11.5. The van der Waals surface area contributed by atoms with Crippen LogP contribution in [-0.2, 0) is 19.0 Å². The molecule has 4 atom stereocenters. The summed E-state index contributed by atoms with van der Waals surface area (Å²) >= 11 is 0. The Hall–Kier alpha value is -1.85. The van der Waals surface area contributed by atoms with Gasteiger partial charge in [0.1, 0.15) is 30.2 Å². The summed E-state index contributed by atoms with van der Waals surface area (Å²) in [6.07, 6.45) is 1.55. The Balaban J connectivity index is 1.73. The van der Waals surface area contributed by atoms with E-state index in [4.69, 9.17) is 30.7 Å². The van der Waals surface area contributed by atoms with Gasteiger partial charge in [-0.3, -0.25) is 4.57 Å². The normalized spacial score (nSPS) is 32.1. The van der Waals surface area contributed by atoms with Crippen LogP contribution in [0.1, 0.15) is 20.1 Å². The minimum atomic E-state index is -0.478. The van der Waals surface area contributed by atoms with Gasteiger partial charge < -0.3 is 24.8 Å². The molecule has 4 heterocycles. The van der Waals surface area contributed by atoms with Gasteiger partial charge >= 0.3 is 0 Å². The second kappa shape index (κ2) is 5.60. The average Bonchev–Trinajstić information content (AvgIpc) is 3.09. The summed E-state index contributed by atoms with van der Waals surface area (Å²) in [5, 5.41) is 0. The lowest BCUT2D eigenvalue weighted by Gasteiger charge is -2.39. The zero-order valence-corrected chi connectivity index (χ0v) is 13.5. The summed E-state index contributed by atoms with van der Waals surface area (Å²) in [4.78, 5) is 17.3. The van der Waals surface area contributed by atoms with Crippen molar-refractivity contribution in [1.82, 2.24) is 19.5 Å². The van der Waals surface area contributed by atoms with E-state index in [0.717, 1.165) is 0 Å². The van der Waals surface area contributed by atoms with E-state index in [2.05, 4.69) is 15.0 Å². The summed E-state index contributed by atoms with van der Waals surface area (Å²) in [6, 6.07) is 0. The number of nitrogens with two attached hydrogens (primary N) is 2. The van der Waals surface area contributed by atoms with Gasteiger partial charge in [0.05, 0.1) is 25.1 Å². The summed E-state index contributed by atoms with van der Waals surface area (Å²) in [6.45, 7) is 4.61. The fourth-order valence-corrected chi connectivity index (χ4v) is 3.24. The molecule has 2 aliphatic rings. The molecule has 24 heavy (non-hydrogen) atoms. The van der Waals surface area contributed by atoms with Crippen LogP contribution in [0.4, 0.5) is 5.82 Å². The number of imidazole rings is 1. The smallest absolute Gasteiger partial charge is 0.167 e. The molecule has 4 rings (SSSR count). The van der Waals surface area contributed by atoms with Crippen molar-refractivity contribution in [2.24, 2.45) is 5.90 Å². The number of fused-ring (bicyclic) bond motifs is 2. The molecule has 0 amide bonds. The molecule has 130 valence electrons. The third-order valence-electron chi connectivity index (χ3n) is 4.29. The lowest BCUT2D eigenvalue weighted by atomic mass is 10.0. The predicted octanol–water partition coefficient (Wildman–Crippen LogP) is -0.241. The molecule has 0 radical (unpaired) electrons. The lowest BCUT2D eigenvalue weighted by Crippen LogP contribution is -2.51. The van der Waals surface area contributed by atoms with Crippen molar-refractivity contribution in [1.29, 1.82) is 0 Å². The highest BCUT2D eigenvalue weighted by atomic mass is 16.7. The lowest BCUT2D eigenvalue weighted by molar-refractivity contribution is -0.219. The molecule has 0 bridgehead atoms. The predicted molar refractivity (Wildman–Crippen MR) is 82.5 cm³/mol. The van der Waals surface area contributed by atoms with Gasteiger partial charge in [0.15, 0.2) is 17.7 Å². The van der Waals surface area contributed by atoms with Gasteiger partial charge in [-0.15, -0.1) is 0 Å². The number of hydrogen-bond donors (Lipinski definition) is 2. The number of ether oxygens (including phenoxy) is 3. The van der Waals surface area contributed by atoms with Crippen LogP contribution in [0.15, 0.2) is 12.7 Å². The first kappa shape index (κ1) is 15.7. The van der Waals surface area contributed by atoms with Gasteiger partial charge in [0.2, 0.25) is 0 Å². The third-order valence-corrected chi connectivity index (χ3v) is 4.29. The number of anilines is 1. The van der Waals surface area contributed by atoms with Crippen molar-refractivity contribution < 1.29 is 19.0 Å². The Morgan fingerprint density at radius 1 is 1.33 bits per heavy atom. The molecule has 2 fully saturated rings. The molecule has 0 spiro atoms. The van der Waals surface area contributed by atoms with Crippen LogP contribution in [0.2, 0.25) is 0 Å². The van der Waals surface area contributed by atoms with Crippen molar-refractivity contribution >= 4 is 17.0 Å². The molecule has 0 saturated carbocycles. The Morgan fingerprint density at radius 2 is 2.17 bits per heavy atom. The van der Waals surface area contributed by atoms with Crippen LogP contribution >= 0.6 is 0 Å². The van der Waals surface area contributed by atoms with Crippen LogP contribution in [-0.4, -0.2) is 56.6 Å². The molecule has 4 N–H and O–H groups in total. The Labute approximate surface area is 138 Å². The maximum absolute atomic E-state index is 6.22. The van der Waals surface area contributed by atoms with Crippen LogP contribution in [0.5, 0.6) is 0 Å². The van der Waals surface area contributed by atoms with Gasteiger partial charge in [-0.1, -0.05) is 0 Å². The molecule has 10 nitrogen and oxygen atoms in total. The monoisotopic (exact) mass is 336 g/mol. The highest BCUT2D eigenvalue weighted by molar-refractivity contribution is 5.81. The second-order valence-electron chi connectivity index (χ2n) is 6.60. The minimum Gasteiger partial charge on any atom is -0.382 e. The van der Waals surface area contributed by atoms with Crippen molar-refractivity contribution in [2.75, 3.05) is 18.9 Å². The average molecular weight is 336 g/mol. The molecule has 2 aliphatic heterocycles. The van der Waals surface area contributed by atoms with Crippen molar-refractivity contribution in [3.63, 3.8) is 0 Å². The van der Waals surface area contributed by atoms with Gasteiger partial charge in [-0.05, 0) is 13.8 Å². The number of nitrogen functional groups attached to an aromatic ring is 1. The second-order valence-corrected chi connectivity index (χ2v) is 6.60. The van der Waals surface area contributed by atoms with Crippen LogP contribution < -0.4 is 11.6 Å². The van der Waals surface area contributed by atoms with E-state index in [1.54, 1.807) is 10.9 Å². The topological polar surface area (TPSA) is 133 Å². The fraction of sp³-hybridized carbons (Fsp3) is 0.643. The molecular weight excluding hydrogens is 316 g/mol. The Kier molecular flexibility index (Phi) is 3.66. The summed E-state index contributed by atoms with van der Waals surface area (Å²) < 4.78 is 20.1. The van der Waals surface area contributed by atoms with E-state index in [9.17, 15) is 0 Å². The molecular formula is C14H20N6O4. The molecule has 0 aromatic carbocycles. The minimum absolute atomic E-state index is 0.200. The molecule has 0 aliphatic carbocycles. The van der Waals surface area contributed by atoms with E-state index in [1.807, 2.05) is 13.8 Å². The Morgan fingerprint density at radius 3 is 2.96 bits per heavy atom. The van der Waals surface area contributed by atoms with Crippen molar-refractivity contribution in [3.8, 4) is 0 Å². The third kappa shape index (κ3) is 2.43. The standard InChI is InChI=1S/C14H20N6O4/c1-14(2)4-21-9-7(3-22-16)23-13(10(9)24-14)20-6-19-8-11(15)17-5-18-12(8)20/h5-7,9-10,13H,3-4,16H2,1-2H3,(H2,15,17,18)/t7-,9-,10-,13-/m1/s1. The van der Waals surface area contributed by atoms with Gasteiger partial charge in [-0.25, -0.2) is 20.8 Å². The van der Waals surface area contributed by atoms with Crippen LogP contribution in [0, 0.1) is 0 Å². The molecule has 10 heteroatoms. The molecule has 2 aromatic rings. The number of nitrogens with zero attached hydrogens (tertiary/aromatic N) is 4. The fourth-order valence-electron chi connectivity index (χ4n) is 3.24. The number of hydrogen-bond acceptors (Lipinski definition) is 9. The highest BCUT2D eigenvalue weighted by Gasteiger charge is 2.52. The van der Waals surface area contributed by atoms with E-state index >= 15 is 0 Å². The first-order valence-corrected chi connectivity index (χ1v) is 7.70. The SMILES string of the molecule is CC1(C)CO[C@H]2[C@@H](O1)[C@H](n1cnc3c(N)ncnc31)O[C@@H]2CON. The van der Waals surface area contributed by atoms with E-state index in [1.165, 1.54) is 6.33 Å². The summed E-state index contributed by atoms with van der Waals surface area (Å²) in [5.74, 6) is 5.54. The van der Waals surface area contributed by atoms with E-state index < -0.39 is 11.8 Å². The van der Waals surface area contributed by atoms with Crippen molar-refractivity contribution in [2.45, 2.75) is 44.0 Å². The molecule has 2 saturated heterocycles. The van der Waals surface area contributed by atoms with Crippen LogP contribution in [0.25, 0.3) is 11.2 Å². The van der Waals surface area contributed by atoms with E-state index in [0.29, 0.717) is 23.6 Å². The quantitative estimate of drug-likeness (QED) is 0.728. The molecule has 0 unspecified atom stereocenters. The largest absolute Gasteiger partial charge is 0.382 e. The maximum Gasteiger partial charge on any atom is 0.167 e. The summed E-state index contributed by atoms with van der Waals surface area (Å²) in [7, 11) is 0. The number of rotatable bonds is 3. The first-order valence-electron chi connectivity index (χ1n) is 7.70. The zero-order valence-electron chi connectivity index (χ0n) is 13.5. The van der Waals surface area contributed by atoms with Crippen molar-refractivity contribution in [3.05, 3.63) is 12.7 Å². The number of aromatic nitrogens is 4. The highest BCUT2D eigenvalue weighted by Crippen LogP contribution is 2.40. The maximum atomic E-state index is 6.22. The Bertz CT molecular complexity index is 750. The molecule has 2 aromatic heterocycles. The van der Waals surface area contributed by atoms with E-state index in [-0.39, 0.29) is 24.9 Å². The summed E-state index contributed by atoms with van der Waals surface area (Å²) in [5.41, 5.74) is 6.53. The van der Waals surface area contributed by atoms with Crippen LogP contribution in [0.3, 0.4) is 0 Å². The van der Waals surface area contributed by atoms with Gasteiger partial charge in [0, 0.05) is 0 Å². The zero-order chi connectivity index (χ0) is 16.9. The van der Waals surface area contributed by atoms with Gasteiger partial charge in [0.25, 0.3) is 0 Å².